The molecule has 33 heavy (non-hydrogen) atoms. The molecule has 0 aliphatic heterocycles. The molecular formula is C22H35Cl2N7O2. The number of nitrogens with two attached hydrogens (primary N) is 1. The predicted octanol–water partition coefficient (Wildman–Crippen LogP) is 2.81. The maximum absolute atomic E-state index is 12.0. The zero-order chi connectivity index (χ0) is 23.0. The van der Waals surface area contributed by atoms with Crippen LogP contribution in [-0.4, -0.2) is 47.5 Å². The first-order valence-electron chi connectivity index (χ1n) is 10.5. The van der Waals surface area contributed by atoms with Crippen LogP contribution in [0.25, 0.3) is 0 Å². The van der Waals surface area contributed by atoms with Crippen LogP contribution in [0.1, 0.15) is 49.4 Å². The number of primary amides is 1. The molecule has 1 aromatic heterocycles. The van der Waals surface area contributed by atoms with Crippen LogP contribution in [0.3, 0.4) is 0 Å². The number of carbonyl (C=O) groups is 2. The molecule has 0 spiro atoms. The smallest absolute Gasteiger partial charge is 0.271 e. The van der Waals surface area contributed by atoms with Crippen molar-refractivity contribution in [2.45, 2.75) is 52.6 Å². The van der Waals surface area contributed by atoms with Gasteiger partial charge in [0.05, 0.1) is 11.7 Å². The highest BCUT2D eigenvalue weighted by molar-refractivity contribution is 5.96. The van der Waals surface area contributed by atoms with Crippen LogP contribution in [0.15, 0.2) is 24.3 Å². The van der Waals surface area contributed by atoms with E-state index in [-0.39, 0.29) is 48.5 Å². The van der Waals surface area contributed by atoms with Crippen molar-refractivity contribution in [1.29, 1.82) is 0 Å². The van der Waals surface area contributed by atoms with Crippen molar-refractivity contribution in [3.63, 3.8) is 0 Å². The van der Waals surface area contributed by atoms with Crippen LogP contribution in [0.5, 0.6) is 0 Å². The van der Waals surface area contributed by atoms with E-state index in [1.165, 1.54) is 0 Å². The molecule has 0 bridgehead atoms. The Labute approximate surface area is 207 Å². The van der Waals surface area contributed by atoms with Crippen LogP contribution >= 0.6 is 24.8 Å². The molecule has 1 heterocycles. The van der Waals surface area contributed by atoms with E-state index in [9.17, 15) is 9.59 Å². The lowest BCUT2D eigenvalue weighted by Gasteiger charge is -2.17. The summed E-state index contributed by atoms with van der Waals surface area (Å²) < 4.78 is 0. The number of halogens is 2. The van der Waals surface area contributed by atoms with Gasteiger partial charge in [0.25, 0.3) is 5.91 Å². The van der Waals surface area contributed by atoms with Gasteiger partial charge >= 0.3 is 0 Å². The number of hydrogen-bond acceptors (Lipinski definition) is 7. The van der Waals surface area contributed by atoms with Gasteiger partial charge in [-0.2, -0.15) is 0 Å². The molecule has 184 valence electrons. The van der Waals surface area contributed by atoms with Gasteiger partial charge in [0.1, 0.15) is 5.82 Å². The summed E-state index contributed by atoms with van der Waals surface area (Å²) in [6.07, 6.45) is 1.29. The fraction of sp³-hybridized carbons (Fsp3) is 0.455. The molecule has 0 aliphatic carbocycles. The Bertz CT molecular complexity index is 926. The molecule has 0 saturated heterocycles. The van der Waals surface area contributed by atoms with Crippen molar-refractivity contribution in [2.24, 2.45) is 5.73 Å². The number of likely N-dealkylation sites (N-methyl/N-ethyl adjacent to an activating group) is 1. The number of nitrogens with zero attached hydrogens (tertiary/aromatic N) is 2. The first kappa shape index (κ1) is 30.4. The molecule has 1 aromatic carbocycles. The molecule has 9 nitrogen and oxygen atoms in total. The van der Waals surface area contributed by atoms with Crippen molar-refractivity contribution in [1.82, 2.24) is 20.6 Å². The minimum atomic E-state index is -0.640. The zero-order valence-corrected chi connectivity index (χ0v) is 21.3. The summed E-state index contributed by atoms with van der Waals surface area (Å²) in [5, 5.41) is 12.3. The van der Waals surface area contributed by atoms with Gasteiger partial charge in [0, 0.05) is 18.3 Å². The number of aryl methyl sites for hydroxylation is 1. The van der Waals surface area contributed by atoms with Gasteiger partial charge in [0.2, 0.25) is 5.91 Å². The maximum Gasteiger partial charge on any atom is 0.271 e. The lowest BCUT2D eigenvalue weighted by Crippen LogP contribution is -2.41. The Balaban J connectivity index is 0.00000512. The third-order valence-electron chi connectivity index (χ3n) is 4.69. The van der Waals surface area contributed by atoms with Gasteiger partial charge in [0.15, 0.2) is 11.5 Å². The van der Waals surface area contributed by atoms with E-state index in [4.69, 9.17) is 5.73 Å². The second kappa shape index (κ2) is 14.5. The highest BCUT2D eigenvalue weighted by Gasteiger charge is 2.18. The molecule has 6 N–H and O–H groups in total. The van der Waals surface area contributed by atoms with Gasteiger partial charge in [-0.25, -0.2) is 9.97 Å². The fourth-order valence-corrected chi connectivity index (χ4v) is 2.92. The summed E-state index contributed by atoms with van der Waals surface area (Å²) >= 11 is 0. The van der Waals surface area contributed by atoms with Crippen molar-refractivity contribution in [2.75, 3.05) is 24.2 Å². The lowest BCUT2D eigenvalue weighted by molar-refractivity contribution is -0.122. The molecule has 0 saturated carbocycles. The molecule has 1 unspecified atom stereocenters. The molecule has 2 aromatic rings. The number of anilines is 3. The standard InChI is InChI=1S/C22H33N7O2.2ClH/c1-6-17-20(26-13(2)3)29-21(18(28-17)19(23)30)27-16-9-7-8-15(12-16)10-11-25-22(31)14(4)24-5;;/h7-9,12-14,24H,6,10-11H2,1-5H3,(H2,23,30)(H,25,31)(H2,26,27,29);2*1H. The van der Waals surface area contributed by atoms with Gasteiger partial charge in [-0.15, -0.1) is 24.8 Å². The second-order valence-electron chi connectivity index (χ2n) is 7.61. The first-order chi connectivity index (χ1) is 14.7. The fourth-order valence-electron chi connectivity index (χ4n) is 2.92. The summed E-state index contributed by atoms with van der Waals surface area (Å²) in [4.78, 5) is 32.9. The Hall–Kier alpha value is -2.62. The van der Waals surface area contributed by atoms with Gasteiger partial charge < -0.3 is 27.0 Å². The predicted molar refractivity (Wildman–Crippen MR) is 138 cm³/mol. The second-order valence-corrected chi connectivity index (χ2v) is 7.61. The molecule has 11 heteroatoms. The topological polar surface area (TPSA) is 134 Å². The number of amides is 2. The quantitative estimate of drug-likeness (QED) is 0.320. The van der Waals surface area contributed by atoms with E-state index < -0.39 is 5.91 Å². The Kier molecular flexibility index (Phi) is 13.4. The molecule has 0 radical (unpaired) electrons. The largest absolute Gasteiger partial charge is 0.366 e. The van der Waals surface area contributed by atoms with Crippen LogP contribution in [-0.2, 0) is 17.6 Å². The van der Waals surface area contributed by atoms with Crippen LogP contribution in [0, 0.1) is 0 Å². The number of rotatable bonds is 11. The zero-order valence-electron chi connectivity index (χ0n) is 19.7. The molecule has 0 fully saturated rings. The minimum Gasteiger partial charge on any atom is -0.366 e. The lowest BCUT2D eigenvalue weighted by atomic mass is 10.1. The van der Waals surface area contributed by atoms with Crippen molar-refractivity contribution < 1.29 is 9.59 Å². The normalized spacial score (nSPS) is 11.1. The highest BCUT2D eigenvalue weighted by atomic mass is 35.5. The Morgan fingerprint density at radius 2 is 1.79 bits per heavy atom. The Morgan fingerprint density at radius 1 is 1.09 bits per heavy atom. The molecule has 2 amide bonds. The van der Waals surface area contributed by atoms with Gasteiger partial charge in [-0.05, 0) is 58.4 Å². The molecule has 1 atom stereocenters. The number of aromatic nitrogens is 2. The number of hydrogen-bond donors (Lipinski definition) is 5. The van der Waals surface area contributed by atoms with E-state index in [2.05, 4.69) is 31.2 Å². The van der Waals surface area contributed by atoms with Crippen molar-refractivity contribution in [3.05, 3.63) is 41.2 Å². The first-order valence-corrected chi connectivity index (χ1v) is 10.5. The van der Waals surface area contributed by atoms with E-state index in [0.29, 0.717) is 36.7 Å². The number of carbonyl (C=O) groups excluding carboxylic acids is 2. The van der Waals surface area contributed by atoms with Crippen LogP contribution in [0.4, 0.5) is 17.3 Å². The van der Waals surface area contributed by atoms with Crippen LogP contribution < -0.4 is 27.0 Å². The van der Waals surface area contributed by atoms with E-state index in [1.54, 1.807) is 7.05 Å². The third kappa shape index (κ3) is 9.03. The van der Waals surface area contributed by atoms with E-state index in [1.807, 2.05) is 52.0 Å². The minimum absolute atomic E-state index is 0. The Morgan fingerprint density at radius 3 is 2.36 bits per heavy atom. The summed E-state index contributed by atoms with van der Waals surface area (Å²) in [5.74, 6) is 0.251. The summed E-state index contributed by atoms with van der Waals surface area (Å²) in [6.45, 7) is 8.30. The maximum atomic E-state index is 12.0. The summed E-state index contributed by atoms with van der Waals surface area (Å²) in [7, 11) is 1.75. The van der Waals surface area contributed by atoms with E-state index >= 15 is 0 Å². The average molecular weight is 500 g/mol. The summed E-state index contributed by atoms with van der Waals surface area (Å²) in [5.41, 5.74) is 8.13. The SMILES string of the molecule is CCc1nc(C(N)=O)c(Nc2cccc(CCNC(=O)C(C)NC)c2)nc1NC(C)C.Cl.Cl. The number of benzene rings is 1. The summed E-state index contributed by atoms with van der Waals surface area (Å²) in [6, 6.07) is 7.63. The van der Waals surface area contributed by atoms with Gasteiger partial charge in [-0.1, -0.05) is 19.1 Å². The highest BCUT2D eigenvalue weighted by Crippen LogP contribution is 2.23. The molecular weight excluding hydrogens is 465 g/mol. The number of nitrogens with one attached hydrogen (secondary N) is 4. The molecule has 0 aliphatic rings. The van der Waals surface area contributed by atoms with Gasteiger partial charge in [-0.3, -0.25) is 9.59 Å². The molecule has 2 rings (SSSR count). The average Bonchev–Trinajstić information content (AvgIpc) is 2.72. The van der Waals surface area contributed by atoms with Crippen LogP contribution in [0.2, 0.25) is 0 Å². The monoisotopic (exact) mass is 499 g/mol. The van der Waals surface area contributed by atoms with E-state index in [0.717, 1.165) is 11.3 Å². The third-order valence-corrected chi connectivity index (χ3v) is 4.69. The van der Waals surface area contributed by atoms with Crippen molar-refractivity contribution >= 4 is 54.0 Å². The van der Waals surface area contributed by atoms with Crippen molar-refractivity contribution in [3.8, 4) is 0 Å².